The summed E-state index contributed by atoms with van der Waals surface area (Å²) in [6, 6.07) is 0. The second-order valence-electron chi connectivity index (χ2n) is 3.66. The number of ether oxygens (including phenoxy) is 1. The lowest BCUT2D eigenvalue weighted by Gasteiger charge is -2.15. The Balaban J connectivity index is 2.22. The minimum Gasteiger partial charge on any atom is -0.394 e. The average molecular weight is 228 g/mol. The Labute approximate surface area is 93.6 Å². The van der Waals surface area contributed by atoms with Crippen molar-refractivity contribution in [2.45, 2.75) is 6.42 Å². The van der Waals surface area contributed by atoms with Crippen LogP contribution in [0.15, 0.2) is 5.11 Å². The maximum Gasteiger partial charge on any atom is 0.223 e. The van der Waals surface area contributed by atoms with Gasteiger partial charge in [0.25, 0.3) is 0 Å². The molecule has 1 heterocycles. The molecule has 0 aliphatic carbocycles. The molecule has 1 aliphatic heterocycles. The third kappa shape index (κ3) is 4.06. The molecule has 0 aromatic heterocycles. The lowest BCUT2D eigenvalue weighted by atomic mass is 10.1. The lowest BCUT2D eigenvalue weighted by molar-refractivity contribution is -0.128. The van der Waals surface area contributed by atoms with Crippen molar-refractivity contribution in [2.24, 2.45) is 11.0 Å². The first kappa shape index (κ1) is 12.8. The number of amides is 1. The van der Waals surface area contributed by atoms with Crippen LogP contribution in [0.25, 0.3) is 10.4 Å². The van der Waals surface area contributed by atoms with Crippen LogP contribution in [0.3, 0.4) is 0 Å². The molecule has 90 valence electrons. The summed E-state index contributed by atoms with van der Waals surface area (Å²) in [5.74, 6) is 0.201. The summed E-state index contributed by atoms with van der Waals surface area (Å²) in [5, 5.41) is 12.0. The molecule has 0 saturated carbocycles. The van der Waals surface area contributed by atoms with Crippen LogP contribution in [0.5, 0.6) is 0 Å². The topological polar surface area (TPSA) is 98.5 Å². The van der Waals surface area contributed by atoms with E-state index in [1.165, 1.54) is 0 Å². The van der Waals surface area contributed by atoms with Gasteiger partial charge in [-0.25, -0.2) is 0 Å². The standard InChI is InChI=1S/C9H16N4O3/c10-12-11-6-8-5-9(15)13(7-8)1-3-16-4-2-14/h8,14H,1-7H2. The lowest BCUT2D eigenvalue weighted by Crippen LogP contribution is -2.29. The molecule has 1 N–H and O–H groups in total. The fourth-order valence-electron chi connectivity index (χ4n) is 1.69. The van der Waals surface area contributed by atoms with Crippen LogP contribution in [0.4, 0.5) is 0 Å². The molecule has 0 spiro atoms. The molecule has 1 fully saturated rings. The summed E-state index contributed by atoms with van der Waals surface area (Å²) < 4.78 is 5.08. The van der Waals surface area contributed by atoms with E-state index < -0.39 is 0 Å². The second kappa shape index (κ2) is 7.05. The average Bonchev–Trinajstić information content (AvgIpc) is 2.63. The molecule has 1 rings (SSSR count). The summed E-state index contributed by atoms with van der Waals surface area (Å²) in [7, 11) is 0. The van der Waals surface area contributed by atoms with E-state index in [9.17, 15) is 4.79 Å². The van der Waals surface area contributed by atoms with Crippen LogP contribution in [0.2, 0.25) is 0 Å². The van der Waals surface area contributed by atoms with Crippen molar-refractivity contribution in [2.75, 3.05) is 39.5 Å². The van der Waals surface area contributed by atoms with E-state index >= 15 is 0 Å². The van der Waals surface area contributed by atoms with Crippen molar-refractivity contribution in [1.29, 1.82) is 0 Å². The van der Waals surface area contributed by atoms with Gasteiger partial charge in [-0.1, -0.05) is 5.11 Å². The summed E-state index contributed by atoms with van der Waals surface area (Å²) in [6.07, 6.45) is 0.443. The molecule has 1 aliphatic rings. The monoisotopic (exact) mass is 228 g/mol. The number of carbonyl (C=O) groups excluding carboxylic acids is 1. The Bertz CT molecular complexity index is 278. The van der Waals surface area contributed by atoms with Crippen molar-refractivity contribution < 1.29 is 14.6 Å². The molecule has 7 heteroatoms. The Hall–Kier alpha value is -1.30. The van der Waals surface area contributed by atoms with E-state index in [2.05, 4.69) is 10.0 Å². The van der Waals surface area contributed by atoms with Crippen molar-refractivity contribution in [3.8, 4) is 0 Å². The van der Waals surface area contributed by atoms with Gasteiger partial charge in [-0.2, -0.15) is 0 Å². The number of likely N-dealkylation sites (tertiary alicyclic amines) is 1. The first-order chi connectivity index (χ1) is 7.77. The molecular weight excluding hydrogens is 212 g/mol. The zero-order valence-electron chi connectivity index (χ0n) is 9.08. The minimum atomic E-state index is -0.00649. The molecule has 1 amide bonds. The smallest absolute Gasteiger partial charge is 0.223 e. The number of aliphatic hydroxyl groups excluding tert-OH is 1. The first-order valence-electron chi connectivity index (χ1n) is 5.25. The van der Waals surface area contributed by atoms with Crippen LogP contribution < -0.4 is 0 Å². The highest BCUT2D eigenvalue weighted by atomic mass is 16.5. The highest BCUT2D eigenvalue weighted by Crippen LogP contribution is 2.17. The van der Waals surface area contributed by atoms with Crippen molar-refractivity contribution >= 4 is 5.91 Å². The van der Waals surface area contributed by atoms with Gasteiger partial charge in [-0.05, 0) is 11.4 Å². The zero-order chi connectivity index (χ0) is 11.8. The summed E-state index contributed by atoms with van der Waals surface area (Å²) >= 11 is 0. The third-order valence-corrected chi connectivity index (χ3v) is 2.44. The molecule has 1 saturated heterocycles. The number of rotatable bonds is 7. The molecule has 1 atom stereocenters. The van der Waals surface area contributed by atoms with Gasteiger partial charge in [0.1, 0.15) is 0 Å². The van der Waals surface area contributed by atoms with Crippen LogP contribution >= 0.6 is 0 Å². The van der Waals surface area contributed by atoms with Crippen LogP contribution in [0.1, 0.15) is 6.42 Å². The summed E-state index contributed by atoms with van der Waals surface area (Å²) in [5.41, 5.74) is 8.18. The largest absolute Gasteiger partial charge is 0.394 e. The third-order valence-electron chi connectivity index (χ3n) is 2.44. The van der Waals surface area contributed by atoms with E-state index in [1.54, 1.807) is 4.90 Å². The van der Waals surface area contributed by atoms with Gasteiger partial charge in [-0.3, -0.25) is 4.79 Å². The van der Waals surface area contributed by atoms with Gasteiger partial charge in [0.15, 0.2) is 0 Å². The molecule has 0 aromatic rings. The van der Waals surface area contributed by atoms with Gasteiger partial charge in [0.2, 0.25) is 5.91 Å². The van der Waals surface area contributed by atoms with Crippen molar-refractivity contribution in [1.82, 2.24) is 4.90 Å². The predicted octanol–water partition coefficient (Wildman–Crippen LogP) is 0.154. The Morgan fingerprint density at radius 2 is 2.44 bits per heavy atom. The molecule has 0 bridgehead atoms. The molecule has 7 nitrogen and oxygen atoms in total. The van der Waals surface area contributed by atoms with E-state index in [0.29, 0.717) is 39.3 Å². The quantitative estimate of drug-likeness (QED) is 0.290. The number of azide groups is 1. The van der Waals surface area contributed by atoms with Gasteiger partial charge < -0.3 is 14.7 Å². The highest BCUT2D eigenvalue weighted by Gasteiger charge is 2.28. The van der Waals surface area contributed by atoms with Gasteiger partial charge in [0.05, 0.1) is 19.8 Å². The van der Waals surface area contributed by atoms with Crippen molar-refractivity contribution in [3.63, 3.8) is 0 Å². The van der Waals surface area contributed by atoms with E-state index in [-0.39, 0.29) is 18.4 Å². The van der Waals surface area contributed by atoms with Crippen LogP contribution in [0, 0.1) is 5.92 Å². The highest BCUT2D eigenvalue weighted by molar-refractivity contribution is 5.78. The summed E-state index contributed by atoms with van der Waals surface area (Å²) in [6.45, 7) is 2.25. The molecular formula is C9H16N4O3. The molecule has 0 aromatic carbocycles. The minimum absolute atomic E-state index is 0.00649. The van der Waals surface area contributed by atoms with E-state index in [4.69, 9.17) is 15.4 Å². The Morgan fingerprint density at radius 1 is 1.62 bits per heavy atom. The fourth-order valence-corrected chi connectivity index (χ4v) is 1.69. The predicted molar refractivity (Wildman–Crippen MR) is 56.6 cm³/mol. The zero-order valence-corrected chi connectivity index (χ0v) is 9.08. The Morgan fingerprint density at radius 3 is 3.12 bits per heavy atom. The number of aliphatic hydroxyl groups is 1. The molecule has 16 heavy (non-hydrogen) atoms. The number of hydrogen-bond acceptors (Lipinski definition) is 4. The molecule has 0 radical (unpaired) electrons. The maximum atomic E-state index is 11.5. The first-order valence-corrected chi connectivity index (χ1v) is 5.25. The van der Waals surface area contributed by atoms with Gasteiger partial charge in [0, 0.05) is 31.0 Å². The van der Waals surface area contributed by atoms with E-state index in [1.807, 2.05) is 0 Å². The fraction of sp³-hybridized carbons (Fsp3) is 0.889. The number of hydrogen-bond donors (Lipinski definition) is 1. The van der Waals surface area contributed by atoms with Crippen molar-refractivity contribution in [3.05, 3.63) is 10.4 Å². The van der Waals surface area contributed by atoms with Crippen LogP contribution in [-0.2, 0) is 9.53 Å². The van der Waals surface area contributed by atoms with Crippen LogP contribution in [-0.4, -0.2) is 55.4 Å². The molecule has 1 unspecified atom stereocenters. The SMILES string of the molecule is [N-]=[N+]=NCC1CC(=O)N(CCOCCO)C1. The Kier molecular flexibility index (Phi) is 5.63. The van der Waals surface area contributed by atoms with Gasteiger partial charge >= 0.3 is 0 Å². The van der Waals surface area contributed by atoms with E-state index in [0.717, 1.165) is 0 Å². The second-order valence-corrected chi connectivity index (χ2v) is 3.66. The summed E-state index contributed by atoms with van der Waals surface area (Å²) in [4.78, 5) is 15.9. The maximum absolute atomic E-state index is 11.5. The van der Waals surface area contributed by atoms with Gasteiger partial charge in [-0.15, -0.1) is 0 Å². The normalized spacial score (nSPS) is 19.9. The number of nitrogens with zero attached hydrogens (tertiary/aromatic N) is 4. The number of carbonyl (C=O) groups is 1.